The van der Waals surface area contributed by atoms with Gasteiger partial charge in [-0.2, -0.15) is 0 Å². The lowest BCUT2D eigenvalue weighted by molar-refractivity contribution is 0.0939. The maximum absolute atomic E-state index is 12.0. The van der Waals surface area contributed by atoms with E-state index in [1.807, 2.05) is 12.1 Å². The van der Waals surface area contributed by atoms with Crippen LogP contribution in [0.15, 0.2) is 42.6 Å². The molecule has 0 spiro atoms. The number of piperidine rings is 1. The molecule has 8 nitrogen and oxygen atoms in total. The van der Waals surface area contributed by atoms with Crippen molar-refractivity contribution in [3.05, 3.63) is 53.9 Å². The molecule has 0 saturated carbocycles. The van der Waals surface area contributed by atoms with Gasteiger partial charge in [0, 0.05) is 25.0 Å². The number of rotatable bonds is 7. The lowest BCUT2D eigenvalue weighted by Crippen LogP contribution is -2.36. The van der Waals surface area contributed by atoms with E-state index in [0.717, 1.165) is 43.6 Å². The average molecular weight is 409 g/mol. The topological polar surface area (TPSA) is 92.5 Å². The Morgan fingerprint density at radius 2 is 2.10 bits per heavy atom. The molecule has 1 aromatic heterocycles. The first-order valence-electron chi connectivity index (χ1n) is 10.3. The average Bonchev–Trinajstić information content (AvgIpc) is 3.28. The molecule has 4 rings (SSSR count). The fourth-order valence-electron chi connectivity index (χ4n) is 4.10. The number of carbonyl (C=O) groups is 1. The molecule has 1 atom stereocenters. The van der Waals surface area contributed by atoms with E-state index in [1.165, 1.54) is 10.9 Å². The molecule has 30 heavy (non-hydrogen) atoms. The Hall–Kier alpha value is -2.97. The van der Waals surface area contributed by atoms with E-state index in [4.69, 9.17) is 9.84 Å². The van der Waals surface area contributed by atoms with Crippen LogP contribution in [0.1, 0.15) is 34.9 Å². The Balaban J connectivity index is 1.47. The van der Waals surface area contributed by atoms with Crippen LogP contribution in [0, 0.1) is 0 Å². The first-order chi connectivity index (χ1) is 14.7. The van der Waals surface area contributed by atoms with Crippen molar-refractivity contribution in [2.75, 3.05) is 33.4 Å². The molecule has 1 aliphatic rings. The molecule has 1 aliphatic heterocycles. The first kappa shape index (κ1) is 20.3. The second kappa shape index (κ2) is 9.23. The van der Waals surface area contributed by atoms with Gasteiger partial charge in [0.2, 0.25) is 0 Å². The predicted molar refractivity (Wildman–Crippen MR) is 113 cm³/mol. The molecule has 0 bridgehead atoms. The summed E-state index contributed by atoms with van der Waals surface area (Å²) < 4.78 is 7.31. The summed E-state index contributed by atoms with van der Waals surface area (Å²) in [5.41, 5.74) is 1.55. The highest BCUT2D eigenvalue weighted by Crippen LogP contribution is 2.30. The Labute approximate surface area is 175 Å². The third kappa shape index (κ3) is 4.29. The summed E-state index contributed by atoms with van der Waals surface area (Å²) >= 11 is 0. The second-order valence-electron chi connectivity index (χ2n) is 7.57. The monoisotopic (exact) mass is 409 g/mol. The minimum absolute atomic E-state index is 0.0997. The van der Waals surface area contributed by atoms with Gasteiger partial charge in [0.15, 0.2) is 5.69 Å². The Morgan fingerprint density at radius 1 is 1.27 bits per heavy atom. The molecule has 2 heterocycles. The van der Waals surface area contributed by atoms with Gasteiger partial charge in [-0.3, -0.25) is 9.69 Å². The van der Waals surface area contributed by atoms with E-state index in [2.05, 4.69) is 44.8 Å². The van der Waals surface area contributed by atoms with Gasteiger partial charge in [0.25, 0.3) is 5.91 Å². The van der Waals surface area contributed by atoms with Gasteiger partial charge in [-0.05, 0) is 36.4 Å². The Morgan fingerprint density at radius 3 is 2.90 bits per heavy atom. The highest BCUT2D eigenvalue weighted by atomic mass is 16.5. The smallest absolute Gasteiger partial charge is 0.273 e. The molecule has 1 unspecified atom stereocenters. The van der Waals surface area contributed by atoms with Crippen LogP contribution in [-0.2, 0) is 6.54 Å². The molecule has 1 fully saturated rings. The number of methoxy groups -OCH3 is 1. The summed E-state index contributed by atoms with van der Waals surface area (Å²) in [4.78, 5) is 14.4. The van der Waals surface area contributed by atoms with Crippen LogP contribution < -0.4 is 10.1 Å². The number of nitrogens with zero attached hydrogens (tertiary/aromatic N) is 4. The molecule has 0 aliphatic carbocycles. The van der Waals surface area contributed by atoms with Crippen LogP contribution in [0.2, 0.25) is 0 Å². The fourth-order valence-corrected chi connectivity index (χ4v) is 4.10. The maximum Gasteiger partial charge on any atom is 0.273 e. The van der Waals surface area contributed by atoms with Crippen LogP contribution in [0.5, 0.6) is 5.75 Å². The van der Waals surface area contributed by atoms with Crippen molar-refractivity contribution in [2.24, 2.45) is 0 Å². The minimum atomic E-state index is -0.312. The summed E-state index contributed by atoms with van der Waals surface area (Å²) in [6.45, 7) is 2.83. The van der Waals surface area contributed by atoms with Crippen LogP contribution >= 0.6 is 0 Å². The van der Waals surface area contributed by atoms with Crippen molar-refractivity contribution in [3.63, 3.8) is 0 Å². The largest absolute Gasteiger partial charge is 0.496 e. The number of amides is 1. The molecular weight excluding hydrogens is 382 g/mol. The van der Waals surface area contributed by atoms with Gasteiger partial charge in [0.1, 0.15) is 5.75 Å². The number of hydrogen-bond acceptors (Lipinski definition) is 6. The number of nitrogens with one attached hydrogen (secondary N) is 1. The SMILES string of the molecule is COc1ccc(CN2CCCC(n3cc(C(=O)NCCO)nn3)C2)c2ccccc12. The molecule has 2 N–H and O–H groups in total. The van der Waals surface area contributed by atoms with Crippen molar-refractivity contribution >= 4 is 16.7 Å². The molecule has 3 aromatic rings. The summed E-state index contributed by atoms with van der Waals surface area (Å²) in [6, 6.07) is 12.7. The van der Waals surface area contributed by atoms with Crippen molar-refractivity contribution in [2.45, 2.75) is 25.4 Å². The highest BCUT2D eigenvalue weighted by Gasteiger charge is 2.24. The molecule has 0 radical (unpaired) electrons. The number of likely N-dealkylation sites (tertiary alicyclic amines) is 1. The van der Waals surface area contributed by atoms with Crippen molar-refractivity contribution < 1.29 is 14.6 Å². The number of benzene rings is 2. The zero-order valence-electron chi connectivity index (χ0n) is 17.1. The van der Waals surface area contributed by atoms with Gasteiger partial charge in [-0.1, -0.05) is 35.5 Å². The van der Waals surface area contributed by atoms with E-state index in [1.54, 1.807) is 18.0 Å². The van der Waals surface area contributed by atoms with Crippen molar-refractivity contribution in [1.82, 2.24) is 25.2 Å². The van der Waals surface area contributed by atoms with E-state index in [-0.39, 0.29) is 30.8 Å². The third-order valence-electron chi connectivity index (χ3n) is 5.58. The van der Waals surface area contributed by atoms with Crippen LogP contribution in [0.4, 0.5) is 0 Å². The van der Waals surface area contributed by atoms with E-state index in [0.29, 0.717) is 0 Å². The second-order valence-corrected chi connectivity index (χ2v) is 7.57. The maximum atomic E-state index is 12.0. The molecule has 1 saturated heterocycles. The van der Waals surface area contributed by atoms with Gasteiger partial charge in [0.05, 0.1) is 26.0 Å². The van der Waals surface area contributed by atoms with E-state index >= 15 is 0 Å². The van der Waals surface area contributed by atoms with Crippen LogP contribution in [0.25, 0.3) is 10.8 Å². The zero-order valence-corrected chi connectivity index (χ0v) is 17.1. The number of aromatic nitrogens is 3. The standard InChI is InChI=1S/C22H27N5O3/c1-30-21-9-8-16(18-6-2-3-7-19(18)21)13-26-11-4-5-17(14-26)27-15-20(24-25-27)22(29)23-10-12-28/h2-3,6-9,15,17,28H,4-5,10-14H2,1H3,(H,23,29). The minimum Gasteiger partial charge on any atom is -0.496 e. The van der Waals surface area contributed by atoms with Crippen molar-refractivity contribution in [1.29, 1.82) is 0 Å². The number of hydrogen-bond donors (Lipinski definition) is 2. The van der Waals surface area contributed by atoms with Crippen LogP contribution in [0.3, 0.4) is 0 Å². The van der Waals surface area contributed by atoms with Crippen LogP contribution in [-0.4, -0.2) is 64.3 Å². The van der Waals surface area contributed by atoms with Gasteiger partial charge in [-0.25, -0.2) is 4.68 Å². The third-order valence-corrected chi connectivity index (χ3v) is 5.58. The number of aliphatic hydroxyl groups is 1. The fraction of sp³-hybridized carbons (Fsp3) is 0.409. The summed E-state index contributed by atoms with van der Waals surface area (Å²) in [6.07, 6.45) is 3.76. The van der Waals surface area contributed by atoms with Gasteiger partial charge >= 0.3 is 0 Å². The molecular formula is C22H27N5O3. The van der Waals surface area contributed by atoms with E-state index < -0.39 is 0 Å². The van der Waals surface area contributed by atoms with E-state index in [9.17, 15) is 4.79 Å². The lowest BCUT2D eigenvalue weighted by Gasteiger charge is -2.32. The summed E-state index contributed by atoms with van der Waals surface area (Å²) in [7, 11) is 1.70. The Bertz CT molecular complexity index is 1020. The molecule has 158 valence electrons. The summed E-state index contributed by atoms with van der Waals surface area (Å²) in [5.74, 6) is 0.577. The van der Waals surface area contributed by atoms with Gasteiger partial charge < -0.3 is 15.2 Å². The number of aliphatic hydroxyl groups excluding tert-OH is 1. The number of fused-ring (bicyclic) bond motifs is 1. The molecule has 8 heteroatoms. The number of ether oxygens (including phenoxy) is 1. The van der Waals surface area contributed by atoms with Gasteiger partial charge in [-0.15, -0.1) is 5.10 Å². The Kier molecular flexibility index (Phi) is 6.25. The molecule has 1 amide bonds. The predicted octanol–water partition coefficient (Wildman–Crippen LogP) is 2.00. The summed E-state index contributed by atoms with van der Waals surface area (Å²) in [5, 5.41) is 22.0. The first-order valence-corrected chi connectivity index (χ1v) is 10.3. The normalized spacial score (nSPS) is 17.2. The number of carbonyl (C=O) groups excluding carboxylic acids is 1. The zero-order chi connectivity index (χ0) is 20.9. The lowest BCUT2D eigenvalue weighted by atomic mass is 10.0. The highest BCUT2D eigenvalue weighted by molar-refractivity contribution is 5.92. The molecule has 2 aromatic carbocycles. The quantitative estimate of drug-likeness (QED) is 0.620. The van der Waals surface area contributed by atoms with Crippen molar-refractivity contribution in [3.8, 4) is 5.75 Å².